The molecule has 0 spiro atoms. The third-order valence-corrected chi connectivity index (χ3v) is 5.71. The average molecular weight is 520 g/mol. The number of aliphatic hydroxyl groups excluding tert-OH is 1. The Kier molecular flexibility index (Phi) is 11.7. The number of pyridine rings is 1. The van der Waals surface area contributed by atoms with Gasteiger partial charge in [0.1, 0.15) is 11.6 Å². The molecule has 9 heteroatoms. The van der Waals surface area contributed by atoms with E-state index in [9.17, 15) is 23.1 Å². The van der Waals surface area contributed by atoms with Gasteiger partial charge in [-0.3, -0.25) is 4.79 Å². The van der Waals surface area contributed by atoms with E-state index >= 15 is 0 Å². The predicted octanol–water partition coefficient (Wildman–Crippen LogP) is 6.90. The minimum atomic E-state index is -4.72. The molecule has 3 rings (SSSR count). The first-order chi connectivity index (χ1) is 17.6. The third kappa shape index (κ3) is 9.24. The summed E-state index contributed by atoms with van der Waals surface area (Å²) in [7, 11) is 0. The highest BCUT2D eigenvalue weighted by Gasteiger charge is 2.31. The van der Waals surface area contributed by atoms with E-state index in [2.05, 4.69) is 46.4 Å². The van der Waals surface area contributed by atoms with Crippen molar-refractivity contribution in [3.63, 3.8) is 0 Å². The summed E-state index contributed by atoms with van der Waals surface area (Å²) in [5, 5.41) is 12.6. The van der Waals surface area contributed by atoms with E-state index in [0.29, 0.717) is 17.9 Å². The second-order valence-corrected chi connectivity index (χ2v) is 8.62. The zero-order valence-corrected chi connectivity index (χ0v) is 21.6. The minimum absolute atomic E-state index is 0.141. The number of nitrogens with one attached hydrogen (secondary N) is 1. The lowest BCUT2D eigenvalue weighted by Gasteiger charge is -2.41. The van der Waals surface area contributed by atoms with Crippen molar-refractivity contribution in [3.8, 4) is 5.75 Å². The molecule has 1 fully saturated rings. The Morgan fingerprint density at radius 1 is 1.22 bits per heavy atom. The molecule has 0 saturated carbocycles. The number of aliphatic hydroxyl groups is 1. The van der Waals surface area contributed by atoms with Gasteiger partial charge < -0.3 is 20.1 Å². The SMILES string of the molecule is C=CC(=O)CCC.CC/C=C(\CC)c1c(N2CC(CO)C2)ccnc1Nc1ccc(OC(F)(F)F)cc1. The molecule has 0 amide bonds. The summed E-state index contributed by atoms with van der Waals surface area (Å²) in [4.78, 5) is 17.0. The average Bonchev–Trinajstić information content (AvgIpc) is 2.83. The number of carbonyl (C=O) groups excluding carboxylic acids is 1. The number of halogens is 3. The second-order valence-electron chi connectivity index (χ2n) is 8.62. The molecule has 1 aromatic carbocycles. The molecule has 2 aromatic rings. The Hall–Kier alpha value is -3.33. The van der Waals surface area contributed by atoms with Gasteiger partial charge in [0, 0.05) is 55.2 Å². The van der Waals surface area contributed by atoms with E-state index in [1.54, 1.807) is 6.20 Å². The normalized spacial score (nSPS) is 13.8. The Bertz CT molecular complexity index is 1050. The molecule has 1 aliphatic heterocycles. The van der Waals surface area contributed by atoms with Gasteiger partial charge in [0.2, 0.25) is 0 Å². The highest BCUT2D eigenvalue weighted by atomic mass is 19.4. The molecule has 1 aliphatic rings. The van der Waals surface area contributed by atoms with Crippen LogP contribution in [0.1, 0.15) is 52.0 Å². The number of ketones is 1. The Morgan fingerprint density at radius 3 is 2.38 bits per heavy atom. The molecule has 0 bridgehead atoms. The van der Waals surface area contributed by atoms with Gasteiger partial charge in [-0.15, -0.1) is 13.2 Å². The summed E-state index contributed by atoms with van der Waals surface area (Å²) in [6.45, 7) is 11.2. The van der Waals surface area contributed by atoms with Crippen molar-refractivity contribution >= 4 is 28.5 Å². The summed E-state index contributed by atoms with van der Waals surface area (Å²) in [5.74, 6) is 0.781. The van der Waals surface area contributed by atoms with Crippen LogP contribution in [0.15, 0.2) is 55.3 Å². The van der Waals surface area contributed by atoms with Crippen molar-refractivity contribution in [2.45, 2.75) is 52.8 Å². The number of allylic oxidation sites excluding steroid dienone is 3. The fourth-order valence-corrected chi connectivity index (χ4v) is 3.90. The van der Waals surface area contributed by atoms with E-state index in [-0.39, 0.29) is 24.1 Å². The Labute approximate surface area is 216 Å². The first-order valence-electron chi connectivity index (χ1n) is 12.5. The van der Waals surface area contributed by atoms with E-state index in [4.69, 9.17) is 0 Å². The summed E-state index contributed by atoms with van der Waals surface area (Å²) in [5.41, 5.74) is 3.77. The largest absolute Gasteiger partial charge is 0.573 e. The summed E-state index contributed by atoms with van der Waals surface area (Å²) in [6.07, 6.45) is 3.78. The number of benzene rings is 1. The van der Waals surface area contributed by atoms with Gasteiger partial charge >= 0.3 is 6.36 Å². The second kappa shape index (κ2) is 14.4. The monoisotopic (exact) mass is 519 g/mol. The number of aromatic nitrogens is 1. The molecule has 0 unspecified atom stereocenters. The third-order valence-electron chi connectivity index (χ3n) is 5.71. The van der Waals surface area contributed by atoms with Gasteiger partial charge in [0.25, 0.3) is 0 Å². The molecule has 2 heterocycles. The maximum atomic E-state index is 12.4. The number of carbonyl (C=O) groups is 1. The van der Waals surface area contributed by atoms with Gasteiger partial charge in [0.15, 0.2) is 5.78 Å². The summed E-state index contributed by atoms with van der Waals surface area (Å²) < 4.78 is 41.1. The molecule has 37 heavy (non-hydrogen) atoms. The fourth-order valence-electron chi connectivity index (χ4n) is 3.90. The van der Waals surface area contributed by atoms with Crippen LogP contribution in [-0.2, 0) is 4.79 Å². The molecule has 0 aliphatic carbocycles. The summed E-state index contributed by atoms with van der Waals surface area (Å²) in [6, 6.07) is 7.56. The molecule has 0 atom stereocenters. The van der Waals surface area contributed by atoms with Crippen LogP contribution in [0.5, 0.6) is 5.75 Å². The van der Waals surface area contributed by atoms with Crippen molar-refractivity contribution in [1.82, 2.24) is 4.98 Å². The number of hydrogen-bond acceptors (Lipinski definition) is 6. The molecule has 2 N–H and O–H groups in total. The number of nitrogens with zero attached hydrogens (tertiary/aromatic N) is 2. The number of anilines is 3. The lowest BCUT2D eigenvalue weighted by molar-refractivity contribution is -0.274. The maximum absolute atomic E-state index is 12.4. The molecule has 202 valence electrons. The van der Waals surface area contributed by atoms with Gasteiger partial charge in [0.05, 0.1) is 0 Å². The van der Waals surface area contributed by atoms with Crippen LogP contribution < -0.4 is 15.0 Å². The smallest absolute Gasteiger partial charge is 0.406 e. The first kappa shape index (κ1) is 29.9. The van der Waals surface area contributed by atoms with Gasteiger partial charge in [-0.25, -0.2) is 4.98 Å². The Morgan fingerprint density at radius 2 is 1.89 bits per heavy atom. The van der Waals surface area contributed by atoms with Crippen molar-refractivity contribution in [1.29, 1.82) is 0 Å². The van der Waals surface area contributed by atoms with Crippen LogP contribution in [0.4, 0.5) is 30.4 Å². The zero-order chi connectivity index (χ0) is 27.4. The zero-order valence-electron chi connectivity index (χ0n) is 21.6. The molecular weight excluding hydrogens is 483 g/mol. The van der Waals surface area contributed by atoms with Crippen molar-refractivity contribution in [2.24, 2.45) is 5.92 Å². The lowest BCUT2D eigenvalue weighted by atomic mass is 9.95. The highest BCUT2D eigenvalue weighted by Crippen LogP contribution is 2.38. The first-order valence-corrected chi connectivity index (χ1v) is 12.5. The number of alkyl halides is 3. The van der Waals surface area contributed by atoms with Crippen molar-refractivity contribution < 1.29 is 27.8 Å². The van der Waals surface area contributed by atoms with Crippen LogP contribution in [0.3, 0.4) is 0 Å². The van der Waals surface area contributed by atoms with Gasteiger partial charge in [-0.05, 0) is 61.2 Å². The number of ether oxygens (including phenoxy) is 1. The molecular formula is C28H36F3N3O3. The van der Waals surface area contributed by atoms with Crippen LogP contribution in [0.2, 0.25) is 0 Å². The van der Waals surface area contributed by atoms with Gasteiger partial charge in [-0.2, -0.15) is 0 Å². The lowest BCUT2D eigenvalue weighted by Crippen LogP contribution is -2.48. The molecule has 0 radical (unpaired) electrons. The minimum Gasteiger partial charge on any atom is -0.406 e. The van der Waals surface area contributed by atoms with E-state index < -0.39 is 6.36 Å². The van der Waals surface area contributed by atoms with Crippen molar-refractivity contribution in [3.05, 3.63) is 60.8 Å². The van der Waals surface area contributed by atoms with Crippen molar-refractivity contribution in [2.75, 3.05) is 29.9 Å². The van der Waals surface area contributed by atoms with Crippen LogP contribution in [0.25, 0.3) is 5.57 Å². The van der Waals surface area contributed by atoms with E-state index in [0.717, 1.165) is 49.2 Å². The van der Waals surface area contributed by atoms with Crippen LogP contribution >= 0.6 is 0 Å². The fraction of sp³-hybridized carbons (Fsp3) is 0.429. The number of hydrogen-bond donors (Lipinski definition) is 2. The Balaban J connectivity index is 0.000000604. The van der Waals surface area contributed by atoms with Crippen LogP contribution in [0, 0.1) is 5.92 Å². The molecule has 6 nitrogen and oxygen atoms in total. The maximum Gasteiger partial charge on any atom is 0.573 e. The standard InChI is InChI=1S/C22H26F3N3O2.C6H10O/c1-3-5-16(4-2)20-19(28-12-15(13-28)14-29)10-11-26-21(20)27-17-6-8-18(9-7-17)30-22(23,24)25;1-3-5-6(7)4-2/h5-11,15,29H,3-4,12-14H2,1-2H3,(H,26,27);4H,2-3,5H2,1H3/b16-5+;. The quantitative estimate of drug-likeness (QED) is 0.315. The van der Waals surface area contributed by atoms with Gasteiger partial charge in [-0.1, -0.05) is 33.4 Å². The highest BCUT2D eigenvalue weighted by molar-refractivity contribution is 5.89. The predicted molar refractivity (Wildman–Crippen MR) is 142 cm³/mol. The molecule has 1 saturated heterocycles. The summed E-state index contributed by atoms with van der Waals surface area (Å²) >= 11 is 0. The van der Waals surface area contributed by atoms with Crippen LogP contribution in [-0.4, -0.2) is 41.9 Å². The van der Waals surface area contributed by atoms with E-state index in [1.807, 2.05) is 13.0 Å². The van der Waals surface area contributed by atoms with E-state index in [1.165, 1.54) is 30.3 Å². The number of rotatable bonds is 11. The topological polar surface area (TPSA) is 74.7 Å². The molecule has 1 aromatic heterocycles.